The molecular formula is C13H8F2O3. The second-order valence-electron chi connectivity index (χ2n) is 3.66. The third-order valence-electron chi connectivity index (χ3n) is 2.47. The van der Waals surface area contributed by atoms with Gasteiger partial charge in [0.2, 0.25) is 0 Å². The molecule has 2 rings (SSSR count). The van der Waals surface area contributed by atoms with Gasteiger partial charge < -0.3 is 10.2 Å². The molecule has 2 N–H and O–H groups in total. The quantitative estimate of drug-likeness (QED) is 0.861. The van der Waals surface area contributed by atoms with Gasteiger partial charge >= 0.3 is 5.97 Å². The second kappa shape index (κ2) is 4.44. The molecule has 0 amide bonds. The summed E-state index contributed by atoms with van der Waals surface area (Å²) in [5.41, 5.74) is 0.0832. The molecule has 0 saturated carbocycles. The molecule has 0 heterocycles. The molecule has 0 fully saturated rings. The fourth-order valence-corrected chi connectivity index (χ4v) is 1.60. The largest absolute Gasteiger partial charge is 0.507 e. The van der Waals surface area contributed by atoms with Gasteiger partial charge in [-0.3, -0.25) is 0 Å². The lowest BCUT2D eigenvalue weighted by Gasteiger charge is -2.06. The van der Waals surface area contributed by atoms with Gasteiger partial charge in [-0.2, -0.15) is 0 Å². The standard InChI is InChI=1S/C13H8F2O3/c14-8-2-4-9(11(15)6-8)7-1-3-10(13(17)18)12(16)5-7/h1-6,16H,(H,17,18). The van der Waals surface area contributed by atoms with Crippen LogP contribution in [0.3, 0.4) is 0 Å². The van der Waals surface area contributed by atoms with E-state index in [4.69, 9.17) is 5.11 Å². The van der Waals surface area contributed by atoms with Crippen LogP contribution in [-0.2, 0) is 0 Å². The Morgan fingerprint density at radius 3 is 2.33 bits per heavy atom. The minimum Gasteiger partial charge on any atom is -0.507 e. The smallest absolute Gasteiger partial charge is 0.339 e. The predicted octanol–water partition coefficient (Wildman–Crippen LogP) is 3.04. The Bertz CT molecular complexity index is 624. The number of halogens is 2. The summed E-state index contributed by atoms with van der Waals surface area (Å²) >= 11 is 0. The van der Waals surface area contributed by atoms with E-state index >= 15 is 0 Å². The number of hydrogen-bond donors (Lipinski definition) is 2. The van der Waals surface area contributed by atoms with E-state index in [2.05, 4.69) is 0 Å². The molecule has 3 nitrogen and oxygen atoms in total. The molecule has 0 unspecified atom stereocenters. The van der Waals surface area contributed by atoms with E-state index in [1.165, 1.54) is 12.1 Å². The third kappa shape index (κ3) is 2.15. The normalized spacial score (nSPS) is 10.3. The minimum absolute atomic E-state index is 0.0867. The van der Waals surface area contributed by atoms with Crippen LogP contribution in [0.1, 0.15) is 10.4 Å². The Morgan fingerprint density at radius 2 is 1.78 bits per heavy atom. The molecule has 5 heteroatoms. The number of carboxylic acids is 1. The monoisotopic (exact) mass is 250 g/mol. The summed E-state index contributed by atoms with van der Waals surface area (Å²) in [5.74, 6) is -3.23. The van der Waals surface area contributed by atoms with Gasteiger partial charge in [0.1, 0.15) is 22.9 Å². The average Bonchev–Trinajstić information content (AvgIpc) is 2.28. The first kappa shape index (κ1) is 12.0. The van der Waals surface area contributed by atoms with Gasteiger partial charge in [-0.25, -0.2) is 13.6 Å². The first-order valence-corrected chi connectivity index (χ1v) is 5.01. The number of carboxylic acid groups (broad SMARTS) is 1. The zero-order valence-electron chi connectivity index (χ0n) is 9.02. The molecule has 0 atom stereocenters. The maximum Gasteiger partial charge on any atom is 0.339 e. The van der Waals surface area contributed by atoms with Gasteiger partial charge in [0.05, 0.1) is 0 Å². The van der Waals surface area contributed by atoms with E-state index in [0.717, 1.165) is 24.3 Å². The van der Waals surface area contributed by atoms with Gasteiger partial charge in [-0.15, -0.1) is 0 Å². The molecule has 92 valence electrons. The highest BCUT2D eigenvalue weighted by Crippen LogP contribution is 2.28. The molecule has 0 aliphatic rings. The molecule has 0 bridgehead atoms. The highest BCUT2D eigenvalue weighted by Gasteiger charge is 2.12. The van der Waals surface area contributed by atoms with Gasteiger partial charge in [0.25, 0.3) is 0 Å². The SMILES string of the molecule is O=C(O)c1ccc(-c2ccc(F)cc2F)cc1O. The Kier molecular flexibility index (Phi) is 2.97. The summed E-state index contributed by atoms with van der Waals surface area (Å²) in [6.07, 6.45) is 0. The van der Waals surface area contributed by atoms with E-state index in [1.807, 2.05) is 0 Å². The zero-order valence-corrected chi connectivity index (χ0v) is 9.02. The van der Waals surface area contributed by atoms with E-state index in [-0.39, 0.29) is 16.7 Å². The Morgan fingerprint density at radius 1 is 1.06 bits per heavy atom. The van der Waals surface area contributed by atoms with Gasteiger partial charge in [-0.1, -0.05) is 6.07 Å². The maximum absolute atomic E-state index is 13.5. The number of carbonyl (C=O) groups is 1. The van der Waals surface area contributed by atoms with Crippen molar-refractivity contribution in [2.45, 2.75) is 0 Å². The van der Waals surface area contributed by atoms with E-state index in [9.17, 15) is 18.7 Å². The van der Waals surface area contributed by atoms with Gasteiger partial charge in [0.15, 0.2) is 0 Å². The number of aromatic carboxylic acids is 1. The van der Waals surface area contributed by atoms with Crippen LogP contribution in [0.15, 0.2) is 36.4 Å². The van der Waals surface area contributed by atoms with Crippen LogP contribution in [0.5, 0.6) is 5.75 Å². The van der Waals surface area contributed by atoms with Crippen LogP contribution < -0.4 is 0 Å². The number of rotatable bonds is 2. The fourth-order valence-electron chi connectivity index (χ4n) is 1.60. The number of aromatic hydroxyl groups is 1. The molecule has 0 radical (unpaired) electrons. The average molecular weight is 250 g/mol. The van der Waals surface area contributed by atoms with Crippen molar-refractivity contribution in [2.24, 2.45) is 0 Å². The van der Waals surface area contributed by atoms with E-state index < -0.39 is 23.4 Å². The molecule has 0 saturated heterocycles. The summed E-state index contributed by atoms with van der Waals surface area (Å²) in [5, 5.41) is 18.2. The lowest BCUT2D eigenvalue weighted by molar-refractivity contribution is 0.0694. The lowest BCUT2D eigenvalue weighted by Crippen LogP contribution is -1.96. The molecule has 2 aromatic carbocycles. The Hall–Kier alpha value is -2.43. The minimum atomic E-state index is -1.28. The first-order valence-electron chi connectivity index (χ1n) is 5.01. The maximum atomic E-state index is 13.5. The van der Waals surface area contributed by atoms with Crippen LogP contribution in [0.25, 0.3) is 11.1 Å². The topological polar surface area (TPSA) is 57.5 Å². The number of phenols is 1. The van der Waals surface area contributed by atoms with E-state index in [0.29, 0.717) is 0 Å². The van der Waals surface area contributed by atoms with Crippen molar-refractivity contribution in [1.29, 1.82) is 0 Å². The molecule has 0 spiro atoms. The highest BCUT2D eigenvalue weighted by molar-refractivity contribution is 5.91. The molecule has 0 aliphatic heterocycles. The molecule has 18 heavy (non-hydrogen) atoms. The Balaban J connectivity index is 2.52. The molecule has 0 aromatic heterocycles. The summed E-state index contributed by atoms with van der Waals surface area (Å²) in [6.45, 7) is 0. The third-order valence-corrected chi connectivity index (χ3v) is 2.47. The Labute approximate surface area is 101 Å². The summed E-state index contributed by atoms with van der Waals surface area (Å²) in [6, 6.07) is 6.66. The second-order valence-corrected chi connectivity index (χ2v) is 3.66. The first-order chi connectivity index (χ1) is 8.49. The van der Waals surface area contributed by atoms with Gasteiger partial charge in [-0.05, 0) is 29.8 Å². The summed E-state index contributed by atoms with van der Waals surface area (Å²) < 4.78 is 26.2. The molecule has 0 aliphatic carbocycles. The fraction of sp³-hybridized carbons (Fsp3) is 0. The van der Waals surface area contributed by atoms with Crippen LogP contribution >= 0.6 is 0 Å². The number of hydrogen-bond acceptors (Lipinski definition) is 2. The predicted molar refractivity (Wildman–Crippen MR) is 60.4 cm³/mol. The van der Waals surface area contributed by atoms with Crippen LogP contribution in [0.4, 0.5) is 8.78 Å². The van der Waals surface area contributed by atoms with Gasteiger partial charge in [0, 0.05) is 11.6 Å². The molecular weight excluding hydrogens is 242 g/mol. The van der Waals surface area contributed by atoms with Crippen LogP contribution in [-0.4, -0.2) is 16.2 Å². The lowest BCUT2D eigenvalue weighted by atomic mass is 10.0. The summed E-state index contributed by atoms with van der Waals surface area (Å²) in [7, 11) is 0. The summed E-state index contributed by atoms with van der Waals surface area (Å²) in [4.78, 5) is 10.7. The van der Waals surface area contributed by atoms with Crippen molar-refractivity contribution < 1.29 is 23.8 Å². The van der Waals surface area contributed by atoms with Crippen molar-refractivity contribution in [3.05, 3.63) is 53.6 Å². The highest BCUT2D eigenvalue weighted by atomic mass is 19.1. The van der Waals surface area contributed by atoms with Crippen LogP contribution in [0.2, 0.25) is 0 Å². The number of benzene rings is 2. The van der Waals surface area contributed by atoms with Crippen molar-refractivity contribution in [2.75, 3.05) is 0 Å². The van der Waals surface area contributed by atoms with Crippen molar-refractivity contribution in [3.8, 4) is 16.9 Å². The zero-order chi connectivity index (χ0) is 13.3. The van der Waals surface area contributed by atoms with Crippen LogP contribution in [0, 0.1) is 11.6 Å². The van der Waals surface area contributed by atoms with Crippen molar-refractivity contribution in [1.82, 2.24) is 0 Å². The molecule has 2 aromatic rings. The van der Waals surface area contributed by atoms with Crippen molar-refractivity contribution >= 4 is 5.97 Å². The van der Waals surface area contributed by atoms with E-state index in [1.54, 1.807) is 0 Å². The van der Waals surface area contributed by atoms with Crippen molar-refractivity contribution in [3.63, 3.8) is 0 Å².